The van der Waals surface area contributed by atoms with Crippen molar-refractivity contribution in [3.8, 4) is 0 Å². The zero-order chi connectivity index (χ0) is 13.3. The lowest BCUT2D eigenvalue weighted by Gasteiger charge is -2.18. The second-order valence-corrected chi connectivity index (χ2v) is 3.49. The van der Waals surface area contributed by atoms with Crippen molar-refractivity contribution in [1.82, 2.24) is 5.06 Å². The van der Waals surface area contributed by atoms with Crippen molar-refractivity contribution in [2.75, 3.05) is 19.8 Å². The average molecular weight is 245 g/mol. The number of nitrogens with zero attached hydrogens (tertiary/aromatic N) is 1. The van der Waals surface area contributed by atoms with Gasteiger partial charge in [0.1, 0.15) is 6.61 Å². The first kappa shape index (κ1) is 15.4. The molecule has 0 aliphatic heterocycles. The Balaban J connectivity index is 3.89. The fourth-order valence-corrected chi connectivity index (χ4v) is 0.879. The Morgan fingerprint density at radius 3 is 2.47 bits per heavy atom. The number of hydrogen-bond donors (Lipinski definition) is 1. The zero-order valence-corrected chi connectivity index (χ0v) is 10.3. The number of carboxylic acid groups (broad SMARTS) is 1. The number of carbonyl (C=O) groups excluding carboxylic acids is 1. The minimum atomic E-state index is -1.20. The Morgan fingerprint density at radius 2 is 2.00 bits per heavy atom. The van der Waals surface area contributed by atoms with Crippen molar-refractivity contribution in [3.05, 3.63) is 12.2 Å². The molecule has 6 heteroatoms. The van der Waals surface area contributed by atoms with E-state index in [-0.39, 0.29) is 18.7 Å². The molecule has 98 valence electrons. The van der Waals surface area contributed by atoms with Gasteiger partial charge >= 0.3 is 12.1 Å². The molecule has 0 aromatic heterocycles. The van der Waals surface area contributed by atoms with Gasteiger partial charge in [-0.2, -0.15) is 5.06 Å². The number of unbranched alkanes of at least 4 members (excludes halogenated alkanes) is 1. The summed E-state index contributed by atoms with van der Waals surface area (Å²) in [7, 11) is 0. The van der Waals surface area contributed by atoms with Crippen LogP contribution in [0.4, 0.5) is 4.79 Å². The number of hydroxylamine groups is 2. The van der Waals surface area contributed by atoms with Crippen LogP contribution in [0.15, 0.2) is 12.2 Å². The van der Waals surface area contributed by atoms with Crippen LogP contribution in [-0.2, 0) is 14.4 Å². The first-order chi connectivity index (χ1) is 7.99. The van der Waals surface area contributed by atoms with Crippen LogP contribution in [0, 0.1) is 0 Å². The molecule has 17 heavy (non-hydrogen) atoms. The van der Waals surface area contributed by atoms with Crippen molar-refractivity contribution >= 4 is 12.1 Å². The normalized spacial score (nSPS) is 9.76. The first-order valence-corrected chi connectivity index (χ1v) is 5.45. The van der Waals surface area contributed by atoms with Crippen molar-refractivity contribution < 1.29 is 24.3 Å². The standard InChI is InChI=1S/C11H19NO5/c1-4-5-7-17-12(11(14)15)6-8-16-10(13)9(2)3/h2,4-8H2,1,3H3,(H,14,15). The number of hydrogen-bond acceptors (Lipinski definition) is 4. The van der Waals surface area contributed by atoms with Gasteiger partial charge in [-0.1, -0.05) is 19.9 Å². The summed E-state index contributed by atoms with van der Waals surface area (Å²) in [5, 5.41) is 9.56. The Hall–Kier alpha value is -1.56. The molecule has 0 fully saturated rings. The predicted octanol–water partition coefficient (Wildman–Crippen LogP) is 1.82. The lowest BCUT2D eigenvalue weighted by atomic mass is 10.4. The first-order valence-electron chi connectivity index (χ1n) is 5.45. The molecule has 0 radical (unpaired) electrons. The summed E-state index contributed by atoms with van der Waals surface area (Å²) < 4.78 is 4.77. The third-order valence-corrected chi connectivity index (χ3v) is 1.83. The summed E-state index contributed by atoms with van der Waals surface area (Å²) in [6.07, 6.45) is 0.487. The molecule has 6 nitrogen and oxygen atoms in total. The van der Waals surface area contributed by atoms with Gasteiger partial charge in [0.25, 0.3) is 0 Å². The summed E-state index contributed by atoms with van der Waals surface area (Å²) >= 11 is 0. The minimum absolute atomic E-state index is 0.0158. The van der Waals surface area contributed by atoms with E-state index in [0.717, 1.165) is 17.9 Å². The molecule has 0 heterocycles. The van der Waals surface area contributed by atoms with Crippen LogP contribution in [0.5, 0.6) is 0 Å². The van der Waals surface area contributed by atoms with Crippen molar-refractivity contribution in [3.63, 3.8) is 0 Å². The molecular weight excluding hydrogens is 226 g/mol. The molecular formula is C11H19NO5. The summed E-state index contributed by atoms with van der Waals surface area (Å²) in [5.74, 6) is -0.538. The molecule has 0 aliphatic carbocycles. The molecule has 0 atom stereocenters. The van der Waals surface area contributed by atoms with Gasteiger partial charge in [-0.05, 0) is 13.3 Å². The highest BCUT2D eigenvalue weighted by Gasteiger charge is 2.13. The van der Waals surface area contributed by atoms with E-state index in [2.05, 4.69) is 6.58 Å². The molecule has 0 unspecified atom stereocenters. The van der Waals surface area contributed by atoms with Gasteiger partial charge in [0.2, 0.25) is 0 Å². The molecule has 0 aliphatic rings. The van der Waals surface area contributed by atoms with Crippen LogP contribution in [0.2, 0.25) is 0 Å². The van der Waals surface area contributed by atoms with Crippen molar-refractivity contribution in [2.45, 2.75) is 26.7 Å². The largest absolute Gasteiger partial charge is 0.463 e. The van der Waals surface area contributed by atoms with Gasteiger partial charge in [-0.3, -0.25) is 4.84 Å². The molecule has 0 saturated carbocycles. The lowest BCUT2D eigenvalue weighted by Crippen LogP contribution is -2.33. The van der Waals surface area contributed by atoms with Crippen LogP contribution in [0.1, 0.15) is 26.7 Å². The molecule has 0 rings (SSSR count). The van der Waals surface area contributed by atoms with Crippen LogP contribution >= 0.6 is 0 Å². The van der Waals surface area contributed by atoms with E-state index in [0.29, 0.717) is 6.61 Å². The molecule has 1 N–H and O–H groups in total. The Morgan fingerprint density at radius 1 is 1.35 bits per heavy atom. The van der Waals surface area contributed by atoms with Crippen LogP contribution in [0.3, 0.4) is 0 Å². The Kier molecular flexibility index (Phi) is 7.79. The van der Waals surface area contributed by atoms with E-state index in [1.54, 1.807) is 0 Å². The summed E-state index contributed by atoms with van der Waals surface area (Å²) in [6, 6.07) is 0. The van der Waals surface area contributed by atoms with Gasteiger partial charge < -0.3 is 9.84 Å². The second-order valence-electron chi connectivity index (χ2n) is 3.49. The number of rotatable bonds is 8. The maximum Gasteiger partial charge on any atom is 0.431 e. The van der Waals surface area contributed by atoms with Crippen LogP contribution in [-0.4, -0.2) is 42.0 Å². The Labute approximate surface area is 101 Å². The van der Waals surface area contributed by atoms with E-state index in [1.165, 1.54) is 6.92 Å². The minimum Gasteiger partial charge on any atom is -0.463 e. The summed E-state index contributed by atoms with van der Waals surface area (Å²) in [5.41, 5.74) is 0.277. The van der Waals surface area contributed by atoms with Gasteiger partial charge in [0.15, 0.2) is 0 Å². The maximum atomic E-state index is 11.0. The van der Waals surface area contributed by atoms with Gasteiger partial charge in [0.05, 0.1) is 13.2 Å². The topological polar surface area (TPSA) is 76.1 Å². The average Bonchev–Trinajstić information content (AvgIpc) is 2.26. The maximum absolute atomic E-state index is 11.0. The smallest absolute Gasteiger partial charge is 0.431 e. The fraction of sp³-hybridized carbons (Fsp3) is 0.636. The highest BCUT2D eigenvalue weighted by Crippen LogP contribution is 1.97. The van der Waals surface area contributed by atoms with E-state index < -0.39 is 12.1 Å². The van der Waals surface area contributed by atoms with E-state index >= 15 is 0 Å². The van der Waals surface area contributed by atoms with Gasteiger partial charge in [-0.25, -0.2) is 9.59 Å². The van der Waals surface area contributed by atoms with Gasteiger partial charge in [-0.15, -0.1) is 0 Å². The monoisotopic (exact) mass is 245 g/mol. The van der Waals surface area contributed by atoms with Crippen molar-refractivity contribution in [1.29, 1.82) is 0 Å². The highest BCUT2D eigenvalue weighted by atomic mass is 16.7. The quantitative estimate of drug-likeness (QED) is 0.305. The zero-order valence-electron chi connectivity index (χ0n) is 10.3. The molecule has 1 amide bonds. The third kappa shape index (κ3) is 7.35. The fourth-order valence-electron chi connectivity index (χ4n) is 0.879. The molecule has 0 aromatic carbocycles. The number of esters is 1. The highest BCUT2D eigenvalue weighted by molar-refractivity contribution is 5.86. The molecule has 0 spiro atoms. The van der Waals surface area contributed by atoms with Crippen LogP contribution in [0.25, 0.3) is 0 Å². The lowest BCUT2D eigenvalue weighted by molar-refractivity contribution is -0.152. The number of ether oxygens (including phenoxy) is 1. The van der Waals surface area contributed by atoms with Gasteiger partial charge in [0, 0.05) is 5.57 Å². The SMILES string of the molecule is C=C(C)C(=O)OCCN(OCCCC)C(=O)O. The van der Waals surface area contributed by atoms with E-state index in [4.69, 9.17) is 14.7 Å². The number of carbonyl (C=O) groups is 2. The summed E-state index contributed by atoms with van der Waals surface area (Å²) in [6.45, 7) is 7.17. The third-order valence-electron chi connectivity index (χ3n) is 1.83. The number of amides is 1. The predicted molar refractivity (Wildman–Crippen MR) is 61.4 cm³/mol. The van der Waals surface area contributed by atoms with E-state index in [9.17, 15) is 9.59 Å². The summed E-state index contributed by atoms with van der Waals surface area (Å²) in [4.78, 5) is 26.8. The van der Waals surface area contributed by atoms with Crippen molar-refractivity contribution in [2.24, 2.45) is 0 Å². The second kappa shape index (κ2) is 8.58. The Bertz CT molecular complexity index is 277. The molecule has 0 saturated heterocycles. The van der Waals surface area contributed by atoms with E-state index in [1.807, 2.05) is 6.92 Å². The van der Waals surface area contributed by atoms with Crippen LogP contribution < -0.4 is 0 Å². The molecule has 0 bridgehead atoms. The molecule has 0 aromatic rings.